The van der Waals surface area contributed by atoms with Gasteiger partial charge in [0.25, 0.3) is 0 Å². The average Bonchev–Trinajstić information content (AvgIpc) is 2.19. The fourth-order valence-corrected chi connectivity index (χ4v) is 1.56. The second-order valence-electron chi connectivity index (χ2n) is 3.65. The van der Waals surface area contributed by atoms with Crippen LogP contribution < -0.4 is 0 Å². The zero-order valence-electron chi connectivity index (χ0n) is 9.28. The van der Waals surface area contributed by atoms with Gasteiger partial charge >= 0.3 is 5.97 Å². The molecule has 2 N–H and O–H groups in total. The van der Waals surface area contributed by atoms with Gasteiger partial charge in [0.2, 0.25) is 0 Å². The van der Waals surface area contributed by atoms with Crippen LogP contribution in [0.4, 0.5) is 0 Å². The molecule has 1 rings (SSSR count). The highest BCUT2D eigenvalue weighted by molar-refractivity contribution is 6.02. The lowest BCUT2D eigenvalue weighted by atomic mass is 9.99. The van der Waals surface area contributed by atoms with Gasteiger partial charge in [0.1, 0.15) is 11.3 Å². The van der Waals surface area contributed by atoms with Crippen LogP contribution in [0.5, 0.6) is 5.75 Å². The maximum atomic E-state index is 11.2. The minimum Gasteiger partial charge on any atom is -0.506 e. The molecule has 0 aliphatic heterocycles. The van der Waals surface area contributed by atoms with E-state index < -0.39 is 11.7 Å². The zero-order valence-corrected chi connectivity index (χ0v) is 9.28. The van der Waals surface area contributed by atoms with Crippen LogP contribution in [0.1, 0.15) is 46.5 Å². The van der Waals surface area contributed by atoms with Crippen molar-refractivity contribution >= 4 is 11.8 Å². The van der Waals surface area contributed by atoms with Gasteiger partial charge in [-0.05, 0) is 31.0 Å². The molecule has 0 spiro atoms. The van der Waals surface area contributed by atoms with Gasteiger partial charge in [-0.2, -0.15) is 0 Å². The molecule has 0 amide bonds. The van der Waals surface area contributed by atoms with E-state index in [0.29, 0.717) is 6.42 Å². The number of aryl methyl sites for hydroxylation is 1. The Balaban J connectivity index is 3.38. The first-order chi connectivity index (χ1) is 7.47. The molecule has 0 heterocycles. The lowest BCUT2D eigenvalue weighted by Gasteiger charge is -2.08. The maximum absolute atomic E-state index is 11.2. The number of Topliss-reactive ketones (excluding diaryl/α,β-unsaturated/α-hetero) is 1. The van der Waals surface area contributed by atoms with Gasteiger partial charge in [-0.15, -0.1) is 0 Å². The predicted octanol–water partition coefficient (Wildman–Crippen LogP) is 2.25. The standard InChI is InChI=1S/C12H14O4/c1-3-4-8-5-9(7(2)13)11(14)10(6-8)12(15)16/h5-6,14H,3-4H2,1-2H3,(H,15,16). The number of aromatic carboxylic acids is 1. The van der Waals surface area contributed by atoms with Crippen LogP contribution in [0.15, 0.2) is 12.1 Å². The molecule has 1 aromatic carbocycles. The summed E-state index contributed by atoms with van der Waals surface area (Å²) in [7, 11) is 0. The number of carboxylic acid groups (broad SMARTS) is 1. The van der Waals surface area contributed by atoms with Gasteiger partial charge in [0, 0.05) is 0 Å². The Morgan fingerprint density at radius 1 is 1.25 bits per heavy atom. The van der Waals surface area contributed by atoms with Crippen molar-refractivity contribution in [3.05, 3.63) is 28.8 Å². The van der Waals surface area contributed by atoms with Crippen LogP contribution >= 0.6 is 0 Å². The van der Waals surface area contributed by atoms with Crippen LogP contribution in [0.25, 0.3) is 0 Å². The van der Waals surface area contributed by atoms with Crippen molar-refractivity contribution < 1.29 is 19.8 Å². The van der Waals surface area contributed by atoms with Crippen LogP contribution in [0, 0.1) is 0 Å². The van der Waals surface area contributed by atoms with Gasteiger partial charge in [0.05, 0.1) is 5.56 Å². The van der Waals surface area contributed by atoms with Crippen LogP contribution in [0.2, 0.25) is 0 Å². The highest BCUT2D eigenvalue weighted by atomic mass is 16.4. The normalized spacial score (nSPS) is 10.1. The van der Waals surface area contributed by atoms with Gasteiger partial charge in [-0.25, -0.2) is 4.79 Å². The number of aromatic hydroxyl groups is 1. The topological polar surface area (TPSA) is 74.6 Å². The molecule has 86 valence electrons. The Hall–Kier alpha value is -1.84. The molecule has 4 heteroatoms. The molecule has 0 aliphatic rings. The summed E-state index contributed by atoms with van der Waals surface area (Å²) >= 11 is 0. The van der Waals surface area contributed by atoms with Crippen LogP contribution in [-0.4, -0.2) is 22.0 Å². The third-order valence-corrected chi connectivity index (χ3v) is 2.32. The van der Waals surface area contributed by atoms with E-state index in [0.717, 1.165) is 12.0 Å². The van der Waals surface area contributed by atoms with E-state index in [9.17, 15) is 14.7 Å². The Morgan fingerprint density at radius 2 is 1.81 bits per heavy atom. The van der Waals surface area contributed by atoms with Crippen molar-refractivity contribution in [2.24, 2.45) is 0 Å². The number of carbonyl (C=O) groups excluding carboxylic acids is 1. The van der Waals surface area contributed by atoms with Crippen molar-refractivity contribution in [2.75, 3.05) is 0 Å². The SMILES string of the molecule is CCCc1cc(C(C)=O)c(O)c(C(=O)O)c1. The first-order valence-corrected chi connectivity index (χ1v) is 5.07. The molecule has 0 unspecified atom stereocenters. The minimum atomic E-state index is -1.22. The van der Waals surface area contributed by atoms with Crippen molar-refractivity contribution in [2.45, 2.75) is 26.7 Å². The van der Waals surface area contributed by atoms with Gasteiger partial charge < -0.3 is 10.2 Å². The van der Waals surface area contributed by atoms with Crippen molar-refractivity contribution in [1.82, 2.24) is 0 Å². The summed E-state index contributed by atoms with van der Waals surface area (Å²) in [4.78, 5) is 22.1. The van der Waals surface area contributed by atoms with E-state index >= 15 is 0 Å². The summed E-state index contributed by atoms with van der Waals surface area (Å²) in [5.41, 5.74) is 0.613. The van der Waals surface area contributed by atoms with E-state index in [4.69, 9.17) is 5.11 Å². The number of ketones is 1. The fourth-order valence-electron chi connectivity index (χ4n) is 1.56. The Labute approximate surface area is 93.5 Å². The molecule has 0 fully saturated rings. The fraction of sp³-hybridized carbons (Fsp3) is 0.333. The van der Waals surface area contributed by atoms with Gasteiger partial charge in [0.15, 0.2) is 5.78 Å². The maximum Gasteiger partial charge on any atom is 0.339 e. The highest BCUT2D eigenvalue weighted by Crippen LogP contribution is 2.25. The number of carboxylic acids is 1. The van der Waals surface area contributed by atoms with E-state index in [1.165, 1.54) is 13.0 Å². The molecule has 16 heavy (non-hydrogen) atoms. The van der Waals surface area contributed by atoms with E-state index in [2.05, 4.69) is 0 Å². The third-order valence-electron chi connectivity index (χ3n) is 2.32. The molecule has 0 saturated carbocycles. The monoisotopic (exact) mass is 222 g/mol. The number of benzene rings is 1. The molecule has 1 aromatic rings. The molecule has 0 saturated heterocycles. The number of hydrogen-bond donors (Lipinski definition) is 2. The van der Waals surface area contributed by atoms with E-state index in [1.54, 1.807) is 6.07 Å². The lowest BCUT2D eigenvalue weighted by molar-refractivity contribution is 0.0693. The summed E-state index contributed by atoms with van der Waals surface area (Å²) in [5.74, 6) is -2.00. The summed E-state index contributed by atoms with van der Waals surface area (Å²) in [5, 5.41) is 18.5. The second-order valence-corrected chi connectivity index (χ2v) is 3.65. The van der Waals surface area contributed by atoms with Crippen LogP contribution in [0.3, 0.4) is 0 Å². The van der Waals surface area contributed by atoms with Crippen molar-refractivity contribution in [3.8, 4) is 5.75 Å². The van der Waals surface area contributed by atoms with Crippen molar-refractivity contribution in [3.63, 3.8) is 0 Å². The van der Waals surface area contributed by atoms with Gasteiger partial charge in [-0.1, -0.05) is 13.3 Å². The molecule has 0 atom stereocenters. The Kier molecular flexibility index (Phi) is 3.66. The molecule has 0 radical (unpaired) electrons. The number of phenols is 1. The van der Waals surface area contributed by atoms with Crippen molar-refractivity contribution in [1.29, 1.82) is 0 Å². The number of hydrogen-bond acceptors (Lipinski definition) is 3. The predicted molar refractivity (Wildman–Crippen MR) is 59.1 cm³/mol. The summed E-state index contributed by atoms with van der Waals surface area (Å²) in [6, 6.07) is 2.96. The summed E-state index contributed by atoms with van der Waals surface area (Å²) < 4.78 is 0. The molecular weight excluding hydrogens is 208 g/mol. The Morgan fingerprint density at radius 3 is 2.25 bits per heavy atom. The number of rotatable bonds is 4. The first kappa shape index (κ1) is 12.2. The first-order valence-electron chi connectivity index (χ1n) is 5.07. The second kappa shape index (κ2) is 4.79. The largest absolute Gasteiger partial charge is 0.506 e. The van der Waals surface area contributed by atoms with E-state index in [-0.39, 0.29) is 16.9 Å². The quantitative estimate of drug-likeness (QED) is 0.766. The molecule has 0 aliphatic carbocycles. The smallest absolute Gasteiger partial charge is 0.339 e. The molecule has 4 nitrogen and oxygen atoms in total. The molecular formula is C12H14O4. The number of carbonyl (C=O) groups is 2. The summed E-state index contributed by atoms with van der Waals surface area (Å²) in [6.45, 7) is 3.26. The third kappa shape index (κ3) is 2.39. The average molecular weight is 222 g/mol. The Bertz CT molecular complexity index is 400. The van der Waals surface area contributed by atoms with Crippen LogP contribution in [-0.2, 0) is 6.42 Å². The highest BCUT2D eigenvalue weighted by Gasteiger charge is 2.17. The minimum absolute atomic E-state index is 0.0725. The molecule has 0 bridgehead atoms. The van der Waals surface area contributed by atoms with E-state index in [1.807, 2.05) is 6.92 Å². The molecule has 0 aromatic heterocycles. The summed E-state index contributed by atoms with van der Waals surface area (Å²) in [6.07, 6.45) is 1.53. The lowest BCUT2D eigenvalue weighted by Crippen LogP contribution is -2.04. The van der Waals surface area contributed by atoms with Gasteiger partial charge in [-0.3, -0.25) is 4.79 Å². The zero-order chi connectivity index (χ0) is 12.3.